The van der Waals surface area contributed by atoms with Crippen LogP contribution in [-0.2, 0) is 14.8 Å². The standard InChI is InChI=1S/C18H18ClN3O4S2/c1-2-26-13-6-7-15-16(11-13)27-18(21-15)22-17(23)8-9-20-28(24,25)14-5-3-4-12(19)10-14/h3-7,10-11,20H,2,8-9H2,1H3,(H,21,22,23). The smallest absolute Gasteiger partial charge is 0.240 e. The van der Waals surface area contributed by atoms with E-state index in [-0.39, 0.29) is 23.8 Å². The van der Waals surface area contributed by atoms with Crippen molar-refractivity contribution in [2.24, 2.45) is 0 Å². The molecule has 0 saturated heterocycles. The van der Waals surface area contributed by atoms with Gasteiger partial charge in [-0.15, -0.1) is 0 Å². The second-order valence-electron chi connectivity index (χ2n) is 5.73. The average molecular weight is 440 g/mol. The number of nitrogens with zero attached hydrogens (tertiary/aromatic N) is 1. The highest BCUT2D eigenvalue weighted by Crippen LogP contribution is 2.29. The van der Waals surface area contributed by atoms with E-state index >= 15 is 0 Å². The molecule has 0 saturated carbocycles. The molecule has 10 heteroatoms. The fourth-order valence-corrected chi connectivity index (χ4v) is 4.66. The van der Waals surface area contributed by atoms with E-state index in [4.69, 9.17) is 16.3 Å². The third-order valence-corrected chi connectivity index (χ3v) is 6.30. The molecular weight excluding hydrogens is 422 g/mol. The predicted molar refractivity (Wildman–Crippen MR) is 111 cm³/mol. The number of rotatable bonds is 8. The molecule has 0 bridgehead atoms. The Morgan fingerprint density at radius 3 is 2.82 bits per heavy atom. The van der Waals surface area contributed by atoms with E-state index in [2.05, 4.69) is 15.0 Å². The predicted octanol–water partition coefficient (Wildman–Crippen LogP) is 3.66. The number of hydrogen-bond donors (Lipinski definition) is 2. The van der Waals surface area contributed by atoms with Crippen LogP contribution in [0.2, 0.25) is 5.02 Å². The van der Waals surface area contributed by atoms with E-state index in [0.29, 0.717) is 16.8 Å². The lowest BCUT2D eigenvalue weighted by molar-refractivity contribution is -0.116. The molecule has 0 unspecified atom stereocenters. The van der Waals surface area contributed by atoms with Crippen molar-refractivity contribution in [3.05, 3.63) is 47.5 Å². The number of benzene rings is 2. The Hall–Kier alpha value is -2.20. The number of sulfonamides is 1. The molecule has 0 aliphatic carbocycles. The van der Waals surface area contributed by atoms with Gasteiger partial charge < -0.3 is 10.1 Å². The fourth-order valence-electron chi connectivity index (χ4n) is 2.41. The maximum absolute atomic E-state index is 12.2. The highest BCUT2D eigenvalue weighted by Gasteiger charge is 2.15. The van der Waals surface area contributed by atoms with Crippen LogP contribution in [0.4, 0.5) is 5.13 Å². The van der Waals surface area contributed by atoms with Gasteiger partial charge in [0.2, 0.25) is 15.9 Å². The number of thiazole rings is 1. The van der Waals surface area contributed by atoms with Gasteiger partial charge in [-0.2, -0.15) is 0 Å². The summed E-state index contributed by atoms with van der Waals surface area (Å²) in [6.07, 6.45) is -0.0279. The number of halogens is 1. The van der Waals surface area contributed by atoms with Gasteiger partial charge in [0.15, 0.2) is 5.13 Å². The molecule has 2 N–H and O–H groups in total. The summed E-state index contributed by atoms with van der Waals surface area (Å²) in [4.78, 5) is 16.5. The van der Waals surface area contributed by atoms with E-state index in [0.717, 1.165) is 16.0 Å². The van der Waals surface area contributed by atoms with Gasteiger partial charge in [-0.1, -0.05) is 29.0 Å². The third kappa shape index (κ3) is 5.20. The van der Waals surface area contributed by atoms with Crippen molar-refractivity contribution in [3.63, 3.8) is 0 Å². The first-order valence-electron chi connectivity index (χ1n) is 8.46. The van der Waals surface area contributed by atoms with Crippen LogP contribution in [0, 0.1) is 0 Å². The lowest BCUT2D eigenvalue weighted by Gasteiger charge is -2.07. The summed E-state index contributed by atoms with van der Waals surface area (Å²) < 4.78 is 33.1. The molecule has 1 amide bonds. The molecule has 3 rings (SSSR count). The van der Waals surface area contributed by atoms with Gasteiger partial charge in [0.25, 0.3) is 0 Å². The lowest BCUT2D eigenvalue weighted by atomic mass is 10.3. The van der Waals surface area contributed by atoms with Crippen molar-refractivity contribution < 1.29 is 17.9 Å². The van der Waals surface area contributed by atoms with Crippen molar-refractivity contribution >= 4 is 54.2 Å². The highest BCUT2D eigenvalue weighted by atomic mass is 35.5. The van der Waals surface area contributed by atoms with Crippen molar-refractivity contribution in [2.45, 2.75) is 18.2 Å². The van der Waals surface area contributed by atoms with Crippen molar-refractivity contribution in [1.82, 2.24) is 9.71 Å². The number of carbonyl (C=O) groups is 1. The zero-order valence-corrected chi connectivity index (χ0v) is 17.3. The van der Waals surface area contributed by atoms with Crippen LogP contribution in [0.5, 0.6) is 5.75 Å². The Labute approximate surface area is 171 Å². The minimum absolute atomic E-state index is 0.0279. The number of carbonyl (C=O) groups excluding carboxylic acids is 1. The van der Waals surface area contributed by atoms with Crippen LogP contribution in [0.3, 0.4) is 0 Å². The fraction of sp³-hybridized carbons (Fsp3) is 0.222. The number of ether oxygens (including phenoxy) is 1. The number of aromatic nitrogens is 1. The van der Waals surface area contributed by atoms with E-state index < -0.39 is 10.0 Å². The monoisotopic (exact) mass is 439 g/mol. The van der Waals surface area contributed by atoms with Crippen molar-refractivity contribution in [2.75, 3.05) is 18.5 Å². The second-order valence-corrected chi connectivity index (χ2v) is 8.97. The zero-order chi connectivity index (χ0) is 20.1. The SMILES string of the molecule is CCOc1ccc2nc(NC(=O)CCNS(=O)(=O)c3cccc(Cl)c3)sc2c1. The molecule has 148 valence electrons. The molecular formula is C18H18ClN3O4S2. The molecule has 2 aromatic carbocycles. The normalized spacial score (nSPS) is 11.5. The van der Waals surface area contributed by atoms with Crippen molar-refractivity contribution in [3.8, 4) is 5.75 Å². The van der Waals surface area contributed by atoms with Crippen LogP contribution < -0.4 is 14.8 Å². The van der Waals surface area contributed by atoms with Gasteiger partial charge in [0.05, 0.1) is 21.7 Å². The summed E-state index contributed by atoms with van der Waals surface area (Å²) in [5, 5.41) is 3.46. The maximum Gasteiger partial charge on any atom is 0.240 e. The van der Waals surface area contributed by atoms with Crippen molar-refractivity contribution in [1.29, 1.82) is 0 Å². The first-order valence-corrected chi connectivity index (χ1v) is 11.1. The summed E-state index contributed by atoms with van der Waals surface area (Å²) in [7, 11) is -3.72. The van der Waals surface area contributed by atoms with Gasteiger partial charge >= 0.3 is 0 Å². The minimum Gasteiger partial charge on any atom is -0.494 e. The van der Waals surface area contributed by atoms with Gasteiger partial charge in [0.1, 0.15) is 5.75 Å². The summed E-state index contributed by atoms with van der Waals surface area (Å²) in [6.45, 7) is 2.43. The highest BCUT2D eigenvalue weighted by molar-refractivity contribution is 7.89. The quantitative estimate of drug-likeness (QED) is 0.558. The topological polar surface area (TPSA) is 97.4 Å². The van der Waals surface area contributed by atoms with Crippen LogP contribution in [0.1, 0.15) is 13.3 Å². The number of fused-ring (bicyclic) bond motifs is 1. The molecule has 0 aliphatic rings. The zero-order valence-electron chi connectivity index (χ0n) is 14.9. The number of hydrogen-bond acceptors (Lipinski definition) is 6. The Morgan fingerprint density at radius 2 is 2.07 bits per heavy atom. The summed E-state index contributed by atoms with van der Waals surface area (Å²) in [5.74, 6) is 0.407. The molecule has 0 spiro atoms. The van der Waals surface area contributed by atoms with Crippen LogP contribution >= 0.6 is 22.9 Å². The van der Waals surface area contributed by atoms with Gasteiger partial charge in [0, 0.05) is 18.0 Å². The molecule has 3 aromatic rings. The first kappa shape index (κ1) is 20.5. The number of amides is 1. The third-order valence-electron chi connectivity index (χ3n) is 3.67. The molecule has 1 aromatic heterocycles. The summed E-state index contributed by atoms with van der Waals surface area (Å²) in [6, 6.07) is 11.4. The van der Waals surface area contributed by atoms with E-state index in [1.165, 1.54) is 23.5 Å². The largest absolute Gasteiger partial charge is 0.494 e. The maximum atomic E-state index is 12.2. The van der Waals surface area contributed by atoms with Crippen LogP contribution in [-0.4, -0.2) is 32.5 Å². The number of nitrogens with one attached hydrogen (secondary N) is 2. The van der Waals surface area contributed by atoms with Crippen LogP contribution in [0.15, 0.2) is 47.4 Å². The molecule has 0 fully saturated rings. The van der Waals surface area contributed by atoms with Gasteiger partial charge in [-0.05, 0) is 43.3 Å². The lowest BCUT2D eigenvalue weighted by Crippen LogP contribution is -2.27. The average Bonchev–Trinajstić information content (AvgIpc) is 3.03. The molecule has 1 heterocycles. The second kappa shape index (κ2) is 8.87. The van der Waals surface area contributed by atoms with E-state index in [1.807, 2.05) is 25.1 Å². The Morgan fingerprint density at radius 1 is 1.25 bits per heavy atom. The number of anilines is 1. The van der Waals surface area contributed by atoms with Gasteiger partial charge in [-0.3, -0.25) is 4.79 Å². The molecule has 0 atom stereocenters. The summed E-state index contributed by atoms with van der Waals surface area (Å²) in [5.41, 5.74) is 0.755. The Kier molecular flexibility index (Phi) is 6.50. The molecule has 7 nitrogen and oxygen atoms in total. The van der Waals surface area contributed by atoms with Gasteiger partial charge in [-0.25, -0.2) is 18.1 Å². The Bertz CT molecular complexity index is 1100. The first-order chi connectivity index (χ1) is 13.4. The molecule has 0 aliphatic heterocycles. The Balaban J connectivity index is 1.56. The molecule has 28 heavy (non-hydrogen) atoms. The summed E-state index contributed by atoms with van der Waals surface area (Å²) >= 11 is 7.14. The van der Waals surface area contributed by atoms with E-state index in [1.54, 1.807) is 12.1 Å². The van der Waals surface area contributed by atoms with Crippen LogP contribution in [0.25, 0.3) is 10.2 Å². The molecule has 0 radical (unpaired) electrons. The minimum atomic E-state index is -3.72. The van der Waals surface area contributed by atoms with E-state index in [9.17, 15) is 13.2 Å².